The minimum Gasteiger partial charge on any atom is -0.354 e. The lowest BCUT2D eigenvalue weighted by molar-refractivity contribution is 0.602. The molecule has 2 N–H and O–H groups in total. The summed E-state index contributed by atoms with van der Waals surface area (Å²) in [5.74, 6) is 0.346. The van der Waals surface area contributed by atoms with Gasteiger partial charge >= 0.3 is 0 Å². The molecule has 0 atom stereocenters. The van der Waals surface area contributed by atoms with Crippen LogP contribution in [0.4, 0.5) is 17.2 Å². The van der Waals surface area contributed by atoms with E-state index in [2.05, 4.69) is 15.0 Å². The van der Waals surface area contributed by atoms with E-state index < -0.39 is 10.0 Å². The molecular weight excluding hydrogens is 262 g/mol. The first-order chi connectivity index (χ1) is 9.09. The predicted molar refractivity (Wildman–Crippen MR) is 77.0 cm³/mol. The largest absolute Gasteiger partial charge is 0.354 e. The molecule has 1 aromatic carbocycles. The maximum absolute atomic E-state index is 11.4. The summed E-state index contributed by atoms with van der Waals surface area (Å²) in [5.41, 5.74) is 1.75. The van der Waals surface area contributed by atoms with Crippen LogP contribution in [0.3, 0.4) is 0 Å². The number of hydrogen-bond donors (Lipinski definition) is 2. The third-order valence-electron chi connectivity index (χ3n) is 2.47. The molecule has 0 aliphatic carbocycles. The molecule has 0 saturated carbocycles. The van der Waals surface area contributed by atoms with E-state index in [1.165, 1.54) is 0 Å². The van der Waals surface area contributed by atoms with Gasteiger partial charge < -0.3 is 5.32 Å². The highest BCUT2D eigenvalue weighted by Crippen LogP contribution is 2.16. The minimum absolute atomic E-state index is 0.0265. The van der Waals surface area contributed by atoms with Gasteiger partial charge in [-0.1, -0.05) is 18.2 Å². The molecule has 19 heavy (non-hydrogen) atoms. The monoisotopic (exact) mass is 277 g/mol. The van der Waals surface area contributed by atoms with E-state index in [-0.39, 0.29) is 5.75 Å². The molecule has 5 nitrogen and oxygen atoms in total. The number of benzene rings is 1. The maximum Gasteiger partial charge on any atom is 0.233 e. The maximum atomic E-state index is 11.4. The van der Waals surface area contributed by atoms with Gasteiger partial charge in [-0.25, -0.2) is 13.4 Å². The molecule has 0 saturated heterocycles. The molecule has 6 heteroatoms. The summed E-state index contributed by atoms with van der Waals surface area (Å²) in [7, 11) is -3.28. The van der Waals surface area contributed by atoms with Crippen molar-refractivity contribution in [1.29, 1.82) is 0 Å². The molecule has 0 amide bonds. The summed E-state index contributed by atoms with van der Waals surface area (Å²) in [6.45, 7) is 1.58. The molecule has 2 rings (SSSR count). The molecule has 2 aromatic rings. The number of aromatic nitrogens is 1. The van der Waals surface area contributed by atoms with Crippen molar-refractivity contribution < 1.29 is 8.42 Å². The Morgan fingerprint density at radius 2 is 1.79 bits per heavy atom. The molecular formula is C13H15N3O2S. The fourth-order valence-electron chi connectivity index (χ4n) is 1.45. The average molecular weight is 277 g/mol. The highest BCUT2D eigenvalue weighted by molar-refractivity contribution is 7.92. The number of pyridine rings is 1. The molecule has 100 valence electrons. The number of nitrogens with zero attached hydrogens (tertiary/aromatic N) is 1. The van der Waals surface area contributed by atoms with Crippen LogP contribution in [0.15, 0.2) is 48.7 Å². The van der Waals surface area contributed by atoms with Gasteiger partial charge in [0.05, 0.1) is 17.6 Å². The first-order valence-electron chi connectivity index (χ1n) is 5.88. The number of hydrogen-bond acceptors (Lipinski definition) is 4. The molecule has 1 aromatic heterocycles. The van der Waals surface area contributed by atoms with Crippen molar-refractivity contribution in [2.45, 2.75) is 6.92 Å². The van der Waals surface area contributed by atoms with Crippen molar-refractivity contribution in [2.24, 2.45) is 0 Å². The van der Waals surface area contributed by atoms with Crippen molar-refractivity contribution in [3.05, 3.63) is 48.7 Å². The zero-order valence-corrected chi connectivity index (χ0v) is 11.3. The summed E-state index contributed by atoms with van der Waals surface area (Å²) in [4.78, 5) is 4.06. The second-order valence-corrected chi connectivity index (χ2v) is 5.94. The van der Waals surface area contributed by atoms with Crippen LogP contribution in [0, 0.1) is 0 Å². The van der Waals surface area contributed by atoms with Gasteiger partial charge in [0, 0.05) is 5.69 Å². The van der Waals surface area contributed by atoms with Crippen LogP contribution in [0.25, 0.3) is 0 Å². The second kappa shape index (κ2) is 5.71. The van der Waals surface area contributed by atoms with E-state index in [9.17, 15) is 8.42 Å². The standard InChI is InChI=1S/C13H15N3O2S/c1-2-19(17,18)16-13-9-8-12(10-14-13)15-11-6-4-3-5-7-11/h3-10,15H,2H2,1H3,(H,14,16). The number of rotatable bonds is 5. The van der Waals surface area contributed by atoms with Crippen LogP contribution < -0.4 is 10.0 Å². The Kier molecular flexibility index (Phi) is 4.01. The van der Waals surface area contributed by atoms with E-state index >= 15 is 0 Å². The van der Waals surface area contributed by atoms with Crippen molar-refractivity contribution in [3.63, 3.8) is 0 Å². The van der Waals surface area contributed by atoms with Crippen molar-refractivity contribution in [1.82, 2.24) is 4.98 Å². The molecule has 0 aliphatic rings. The number of para-hydroxylation sites is 1. The Morgan fingerprint density at radius 1 is 1.05 bits per heavy atom. The van der Waals surface area contributed by atoms with E-state index in [0.717, 1.165) is 11.4 Å². The molecule has 0 radical (unpaired) electrons. The summed E-state index contributed by atoms with van der Waals surface area (Å²) >= 11 is 0. The molecule has 1 heterocycles. The normalized spacial score (nSPS) is 11.0. The molecule has 0 spiro atoms. The lowest BCUT2D eigenvalue weighted by atomic mass is 10.3. The van der Waals surface area contributed by atoms with E-state index in [0.29, 0.717) is 5.82 Å². The topological polar surface area (TPSA) is 71.1 Å². The Bertz CT molecular complexity index is 625. The van der Waals surface area contributed by atoms with Gasteiger partial charge in [-0.3, -0.25) is 4.72 Å². The SMILES string of the molecule is CCS(=O)(=O)Nc1ccc(Nc2ccccc2)cn1. The van der Waals surface area contributed by atoms with Gasteiger partial charge in [0.1, 0.15) is 5.82 Å². The van der Waals surface area contributed by atoms with Crippen molar-refractivity contribution in [3.8, 4) is 0 Å². The third kappa shape index (κ3) is 3.96. The molecule has 0 unspecified atom stereocenters. The van der Waals surface area contributed by atoms with Gasteiger partial charge in [-0.2, -0.15) is 0 Å². The van der Waals surface area contributed by atoms with Crippen LogP contribution >= 0.6 is 0 Å². The fourth-order valence-corrected chi connectivity index (χ4v) is 2.03. The van der Waals surface area contributed by atoms with Crippen molar-refractivity contribution in [2.75, 3.05) is 15.8 Å². The van der Waals surface area contributed by atoms with Gasteiger partial charge in [-0.05, 0) is 31.2 Å². The van der Waals surface area contributed by atoms with Crippen LogP contribution in [-0.2, 0) is 10.0 Å². The number of nitrogens with one attached hydrogen (secondary N) is 2. The smallest absolute Gasteiger partial charge is 0.233 e. The van der Waals surface area contributed by atoms with E-state index in [1.807, 2.05) is 30.3 Å². The zero-order valence-electron chi connectivity index (χ0n) is 10.5. The lowest BCUT2D eigenvalue weighted by Crippen LogP contribution is -2.15. The minimum atomic E-state index is -3.28. The summed E-state index contributed by atoms with van der Waals surface area (Å²) in [6.07, 6.45) is 1.58. The lowest BCUT2D eigenvalue weighted by Gasteiger charge is -2.08. The first-order valence-corrected chi connectivity index (χ1v) is 7.53. The Balaban J connectivity index is 2.07. The van der Waals surface area contributed by atoms with Gasteiger partial charge in [0.2, 0.25) is 10.0 Å². The highest BCUT2D eigenvalue weighted by atomic mass is 32.2. The van der Waals surface area contributed by atoms with Crippen LogP contribution in [0.5, 0.6) is 0 Å². The summed E-state index contributed by atoms with van der Waals surface area (Å²) in [6, 6.07) is 13.1. The van der Waals surface area contributed by atoms with Crippen LogP contribution in [0.1, 0.15) is 6.92 Å². The fraction of sp³-hybridized carbons (Fsp3) is 0.154. The zero-order chi connectivity index (χ0) is 13.7. The van der Waals surface area contributed by atoms with E-state index in [4.69, 9.17) is 0 Å². The van der Waals surface area contributed by atoms with E-state index in [1.54, 1.807) is 25.3 Å². The average Bonchev–Trinajstić information content (AvgIpc) is 2.42. The number of sulfonamides is 1. The quantitative estimate of drug-likeness (QED) is 0.881. The summed E-state index contributed by atoms with van der Waals surface area (Å²) in [5, 5.41) is 3.17. The van der Waals surface area contributed by atoms with Crippen LogP contribution in [0.2, 0.25) is 0 Å². The Labute approximate surface area is 112 Å². The Hall–Kier alpha value is -2.08. The highest BCUT2D eigenvalue weighted by Gasteiger charge is 2.07. The predicted octanol–water partition coefficient (Wildman–Crippen LogP) is 2.59. The number of anilines is 3. The second-order valence-electron chi connectivity index (χ2n) is 3.93. The summed E-state index contributed by atoms with van der Waals surface area (Å²) < 4.78 is 25.1. The molecule has 0 fully saturated rings. The third-order valence-corrected chi connectivity index (χ3v) is 3.75. The van der Waals surface area contributed by atoms with Crippen LogP contribution in [-0.4, -0.2) is 19.2 Å². The Morgan fingerprint density at radius 3 is 2.37 bits per heavy atom. The van der Waals surface area contributed by atoms with Gasteiger partial charge in [0.15, 0.2) is 0 Å². The first kappa shape index (κ1) is 13.4. The van der Waals surface area contributed by atoms with Gasteiger partial charge in [0.25, 0.3) is 0 Å². The molecule has 0 aliphatic heterocycles. The molecule has 0 bridgehead atoms. The van der Waals surface area contributed by atoms with Crippen molar-refractivity contribution >= 4 is 27.2 Å². The van der Waals surface area contributed by atoms with Gasteiger partial charge in [-0.15, -0.1) is 0 Å².